The van der Waals surface area contributed by atoms with Gasteiger partial charge in [-0.15, -0.1) is 6.42 Å². The van der Waals surface area contributed by atoms with Crippen molar-refractivity contribution in [3.05, 3.63) is 34.4 Å². The molecule has 0 fully saturated rings. The first kappa shape index (κ1) is 16.2. The van der Waals surface area contributed by atoms with E-state index < -0.39 is 0 Å². The first-order valence-electron chi connectivity index (χ1n) is 5.69. The van der Waals surface area contributed by atoms with Crippen LogP contribution in [0, 0.1) is 33.1 Å². The van der Waals surface area contributed by atoms with Gasteiger partial charge in [0.15, 0.2) is 0 Å². The van der Waals surface area contributed by atoms with Crippen molar-refractivity contribution >= 4 is 0 Å². The summed E-state index contributed by atoms with van der Waals surface area (Å²) in [6.07, 6.45) is 5.35. The van der Waals surface area contributed by atoms with Crippen molar-refractivity contribution in [2.24, 2.45) is 0 Å². The lowest BCUT2D eigenvalue weighted by Crippen LogP contribution is -1.88. The fourth-order valence-corrected chi connectivity index (χ4v) is 1.41. The molecule has 0 heterocycles. The van der Waals surface area contributed by atoms with Crippen LogP contribution in [0.5, 0.6) is 0 Å². The van der Waals surface area contributed by atoms with E-state index in [1.807, 2.05) is 27.7 Å². The zero-order valence-electron chi connectivity index (χ0n) is 11.2. The summed E-state index contributed by atoms with van der Waals surface area (Å²) >= 11 is 0. The Hall–Kier alpha value is -1.22. The average molecular weight is 204 g/mol. The van der Waals surface area contributed by atoms with Crippen molar-refractivity contribution < 1.29 is 0 Å². The Labute approximate surface area is 95.7 Å². The largest absolute Gasteiger partial charge is 0.115 e. The van der Waals surface area contributed by atoms with Gasteiger partial charge in [0, 0.05) is 5.56 Å². The Kier molecular flexibility index (Phi) is 10.1. The van der Waals surface area contributed by atoms with Crippen LogP contribution in [-0.2, 0) is 0 Å². The van der Waals surface area contributed by atoms with Crippen LogP contribution in [0.25, 0.3) is 0 Å². The standard InChI is InChI=1S/C11H12.2C2H6/c1-5-11-9(3)6-8(2)7-10(11)4;2*1-2/h1,6-7H,2-4H3;2*1-2H3. The SMILES string of the molecule is C#Cc1c(C)cc(C)cc1C.CC.CC. The maximum atomic E-state index is 5.35. The Morgan fingerprint density at radius 3 is 1.47 bits per heavy atom. The summed E-state index contributed by atoms with van der Waals surface area (Å²) in [4.78, 5) is 0. The summed E-state index contributed by atoms with van der Waals surface area (Å²) in [7, 11) is 0. The van der Waals surface area contributed by atoms with Crippen LogP contribution in [0.4, 0.5) is 0 Å². The second-order valence-corrected chi connectivity index (χ2v) is 2.92. The highest BCUT2D eigenvalue weighted by molar-refractivity contribution is 5.46. The van der Waals surface area contributed by atoms with Crippen molar-refractivity contribution in [1.29, 1.82) is 0 Å². The van der Waals surface area contributed by atoms with Gasteiger partial charge in [0.25, 0.3) is 0 Å². The van der Waals surface area contributed by atoms with Gasteiger partial charge in [-0.1, -0.05) is 51.3 Å². The molecule has 0 nitrogen and oxygen atoms in total. The third kappa shape index (κ3) is 5.27. The zero-order chi connectivity index (χ0) is 12.4. The maximum Gasteiger partial charge on any atom is 0.0301 e. The molecule has 0 saturated heterocycles. The normalized spacial score (nSPS) is 7.60. The van der Waals surface area contributed by atoms with Gasteiger partial charge in [-0.25, -0.2) is 0 Å². The molecule has 0 bridgehead atoms. The lowest BCUT2D eigenvalue weighted by atomic mass is 10.0. The third-order valence-electron chi connectivity index (χ3n) is 1.82. The van der Waals surface area contributed by atoms with Gasteiger partial charge in [0.1, 0.15) is 0 Å². The van der Waals surface area contributed by atoms with Gasteiger partial charge in [0.2, 0.25) is 0 Å². The van der Waals surface area contributed by atoms with Crippen molar-refractivity contribution in [1.82, 2.24) is 0 Å². The van der Waals surface area contributed by atoms with Crippen LogP contribution < -0.4 is 0 Å². The van der Waals surface area contributed by atoms with E-state index in [4.69, 9.17) is 6.42 Å². The number of terminal acetylenes is 1. The number of aryl methyl sites for hydroxylation is 3. The smallest absolute Gasteiger partial charge is 0.0301 e. The summed E-state index contributed by atoms with van der Waals surface area (Å²) in [6, 6.07) is 4.23. The number of hydrogen-bond donors (Lipinski definition) is 0. The minimum atomic E-state index is 1.04. The molecule has 0 spiro atoms. The van der Waals surface area contributed by atoms with Crippen LogP contribution in [0.3, 0.4) is 0 Å². The van der Waals surface area contributed by atoms with E-state index in [1.54, 1.807) is 0 Å². The molecule has 0 N–H and O–H groups in total. The molecule has 0 heteroatoms. The molecule has 1 rings (SSSR count). The van der Waals surface area contributed by atoms with Gasteiger partial charge in [0.05, 0.1) is 0 Å². The van der Waals surface area contributed by atoms with E-state index in [-0.39, 0.29) is 0 Å². The minimum Gasteiger partial charge on any atom is -0.115 e. The van der Waals surface area contributed by atoms with Crippen LogP contribution in [0.15, 0.2) is 12.1 Å². The highest BCUT2D eigenvalue weighted by atomic mass is 14.0. The lowest BCUT2D eigenvalue weighted by molar-refractivity contribution is 1.30. The molecule has 0 aromatic heterocycles. The first-order chi connectivity index (χ1) is 7.15. The summed E-state index contributed by atoms with van der Waals surface area (Å²) < 4.78 is 0. The molecule has 0 unspecified atom stereocenters. The fraction of sp³-hybridized carbons (Fsp3) is 0.467. The fourth-order valence-electron chi connectivity index (χ4n) is 1.41. The topological polar surface area (TPSA) is 0 Å². The van der Waals surface area contributed by atoms with Gasteiger partial charge >= 0.3 is 0 Å². The summed E-state index contributed by atoms with van der Waals surface area (Å²) in [5.74, 6) is 2.69. The summed E-state index contributed by atoms with van der Waals surface area (Å²) in [6.45, 7) is 14.2. The predicted molar refractivity (Wildman–Crippen MR) is 71.3 cm³/mol. The molecular weight excluding hydrogens is 180 g/mol. The van der Waals surface area contributed by atoms with Crippen molar-refractivity contribution in [3.8, 4) is 12.3 Å². The Morgan fingerprint density at radius 1 is 0.867 bits per heavy atom. The van der Waals surface area contributed by atoms with Crippen LogP contribution in [0.2, 0.25) is 0 Å². The van der Waals surface area contributed by atoms with Crippen LogP contribution in [0.1, 0.15) is 49.9 Å². The van der Waals surface area contributed by atoms with Gasteiger partial charge < -0.3 is 0 Å². The van der Waals surface area contributed by atoms with E-state index in [1.165, 1.54) is 16.7 Å². The van der Waals surface area contributed by atoms with Gasteiger partial charge in [-0.05, 0) is 31.9 Å². The molecule has 0 aliphatic carbocycles. The third-order valence-corrected chi connectivity index (χ3v) is 1.82. The first-order valence-corrected chi connectivity index (χ1v) is 5.69. The Morgan fingerprint density at radius 2 is 1.20 bits per heavy atom. The molecular formula is C15H24. The molecule has 84 valence electrons. The molecule has 15 heavy (non-hydrogen) atoms. The molecule has 0 radical (unpaired) electrons. The van der Waals surface area contributed by atoms with E-state index in [0.717, 1.165) is 5.56 Å². The Balaban J connectivity index is 0. The number of benzene rings is 1. The van der Waals surface area contributed by atoms with E-state index >= 15 is 0 Å². The lowest BCUT2D eigenvalue weighted by Gasteiger charge is -2.03. The highest BCUT2D eigenvalue weighted by Crippen LogP contribution is 2.14. The molecule has 0 amide bonds. The molecule has 1 aromatic carbocycles. The number of hydrogen-bond acceptors (Lipinski definition) is 0. The van der Waals surface area contributed by atoms with E-state index in [2.05, 4.69) is 38.8 Å². The quantitative estimate of drug-likeness (QED) is 0.540. The summed E-state index contributed by atoms with van der Waals surface area (Å²) in [5, 5.41) is 0. The van der Waals surface area contributed by atoms with Crippen molar-refractivity contribution in [3.63, 3.8) is 0 Å². The minimum absolute atomic E-state index is 1.04. The maximum absolute atomic E-state index is 5.35. The van der Waals surface area contributed by atoms with Crippen molar-refractivity contribution in [2.75, 3.05) is 0 Å². The van der Waals surface area contributed by atoms with Gasteiger partial charge in [-0.3, -0.25) is 0 Å². The van der Waals surface area contributed by atoms with Gasteiger partial charge in [-0.2, -0.15) is 0 Å². The van der Waals surface area contributed by atoms with E-state index in [0.29, 0.717) is 0 Å². The molecule has 0 saturated carbocycles. The molecule has 0 aliphatic heterocycles. The molecule has 0 atom stereocenters. The second kappa shape index (κ2) is 9.34. The monoisotopic (exact) mass is 204 g/mol. The van der Waals surface area contributed by atoms with Crippen LogP contribution in [-0.4, -0.2) is 0 Å². The van der Waals surface area contributed by atoms with Crippen molar-refractivity contribution in [2.45, 2.75) is 48.5 Å². The Bertz CT molecular complexity index is 290. The average Bonchev–Trinajstić information content (AvgIpc) is 2.23. The highest BCUT2D eigenvalue weighted by Gasteiger charge is 1.98. The zero-order valence-corrected chi connectivity index (χ0v) is 11.2. The van der Waals surface area contributed by atoms with E-state index in [9.17, 15) is 0 Å². The molecule has 0 aliphatic rings. The molecule has 1 aromatic rings. The van der Waals surface area contributed by atoms with Crippen LogP contribution >= 0.6 is 0 Å². The predicted octanol–water partition coefficient (Wildman–Crippen LogP) is 4.65. The summed E-state index contributed by atoms with van der Waals surface area (Å²) in [5.41, 5.74) is 4.71. The number of rotatable bonds is 0. The second-order valence-electron chi connectivity index (χ2n) is 2.92.